The van der Waals surface area contributed by atoms with Crippen LogP contribution in [-0.2, 0) is 6.54 Å². The van der Waals surface area contributed by atoms with Crippen LogP contribution in [0, 0.1) is 0 Å². The van der Waals surface area contributed by atoms with E-state index in [1.807, 2.05) is 18.2 Å². The number of hydrogen-bond donors (Lipinski definition) is 3. The van der Waals surface area contributed by atoms with Crippen molar-refractivity contribution in [2.75, 3.05) is 11.9 Å². The number of benzene rings is 1. The number of para-hydroxylation sites is 1. The molecule has 1 aromatic carbocycles. The summed E-state index contributed by atoms with van der Waals surface area (Å²) in [6.45, 7) is 1.29. The molecule has 2 aromatic rings. The number of fused-ring (bicyclic) bond motifs is 1. The van der Waals surface area contributed by atoms with E-state index in [2.05, 4.69) is 21.6 Å². The van der Waals surface area contributed by atoms with Crippen molar-refractivity contribution < 1.29 is 0 Å². The second-order valence-corrected chi connectivity index (χ2v) is 4.47. The highest BCUT2D eigenvalue weighted by molar-refractivity contribution is 5.57. The monoisotopic (exact) mass is 246 g/mol. The van der Waals surface area contributed by atoms with Crippen molar-refractivity contribution in [1.29, 1.82) is 0 Å². The maximum absolute atomic E-state index is 11.4. The summed E-state index contributed by atoms with van der Waals surface area (Å²) in [5, 5.41) is 7.90. The first-order chi connectivity index (χ1) is 8.75. The quantitative estimate of drug-likeness (QED) is 0.736. The predicted molar refractivity (Wildman–Crippen MR) is 68.0 cm³/mol. The molecular formula is C12H14N4O2. The molecule has 3 N–H and O–H groups in total. The molecule has 0 fully saturated rings. The average molecular weight is 246 g/mol. The van der Waals surface area contributed by atoms with Crippen molar-refractivity contribution in [3.63, 3.8) is 0 Å². The van der Waals surface area contributed by atoms with Crippen LogP contribution in [0.4, 0.5) is 5.69 Å². The van der Waals surface area contributed by atoms with Crippen molar-refractivity contribution in [2.45, 2.75) is 18.9 Å². The van der Waals surface area contributed by atoms with Gasteiger partial charge in [0.2, 0.25) is 0 Å². The molecule has 6 heteroatoms. The molecule has 3 rings (SSSR count). The third-order valence-corrected chi connectivity index (χ3v) is 3.41. The number of rotatable bonds is 3. The van der Waals surface area contributed by atoms with Crippen molar-refractivity contribution in [1.82, 2.24) is 14.8 Å². The smallest absolute Gasteiger partial charge is 0.344 e. The summed E-state index contributed by atoms with van der Waals surface area (Å²) in [6.07, 6.45) is 0.769. The van der Waals surface area contributed by atoms with Crippen LogP contribution in [0.25, 0.3) is 0 Å². The average Bonchev–Trinajstić information content (AvgIpc) is 2.93. The fourth-order valence-electron chi connectivity index (χ4n) is 2.44. The highest BCUT2D eigenvalue weighted by Crippen LogP contribution is 2.33. The molecule has 2 heterocycles. The summed E-state index contributed by atoms with van der Waals surface area (Å²) >= 11 is 0. The Morgan fingerprint density at radius 2 is 1.89 bits per heavy atom. The second-order valence-electron chi connectivity index (χ2n) is 4.47. The molecule has 6 nitrogen and oxygen atoms in total. The molecule has 0 radical (unpaired) electrons. The Balaban J connectivity index is 1.76. The van der Waals surface area contributed by atoms with Gasteiger partial charge in [0, 0.05) is 24.7 Å². The minimum absolute atomic E-state index is 0.349. The maximum Gasteiger partial charge on any atom is 0.344 e. The summed E-state index contributed by atoms with van der Waals surface area (Å²) in [6, 6.07) is 8.14. The molecule has 1 aliphatic rings. The molecule has 0 bridgehead atoms. The molecular weight excluding hydrogens is 232 g/mol. The number of anilines is 1. The zero-order valence-electron chi connectivity index (χ0n) is 9.77. The molecule has 1 unspecified atom stereocenters. The lowest BCUT2D eigenvalue weighted by Gasteiger charge is -2.09. The first-order valence-corrected chi connectivity index (χ1v) is 5.96. The summed E-state index contributed by atoms with van der Waals surface area (Å²) in [5.41, 5.74) is 1.66. The van der Waals surface area contributed by atoms with Gasteiger partial charge in [0.25, 0.3) is 0 Å². The van der Waals surface area contributed by atoms with E-state index in [1.54, 1.807) is 0 Å². The summed E-state index contributed by atoms with van der Waals surface area (Å²) < 4.78 is 1.20. The summed E-state index contributed by atoms with van der Waals surface area (Å²) in [4.78, 5) is 22.7. The van der Waals surface area contributed by atoms with Crippen LogP contribution < -0.4 is 16.7 Å². The van der Waals surface area contributed by atoms with Gasteiger partial charge in [0.15, 0.2) is 0 Å². The van der Waals surface area contributed by atoms with Crippen molar-refractivity contribution >= 4 is 5.69 Å². The number of aromatic amines is 2. The maximum atomic E-state index is 11.4. The number of nitrogens with zero attached hydrogens (tertiary/aromatic N) is 1. The summed E-state index contributed by atoms with van der Waals surface area (Å²) in [7, 11) is 0. The van der Waals surface area contributed by atoms with Crippen molar-refractivity contribution in [2.24, 2.45) is 0 Å². The van der Waals surface area contributed by atoms with Gasteiger partial charge in [-0.3, -0.25) is 0 Å². The zero-order chi connectivity index (χ0) is 12.5. The van der Waals surface area contributed by atoms with E-state index in [0.29, 0.717) is 12.5 Å². The molecule has 0 amide bonds. The highest BCUT2D eigenvalue weighted by Gasteiger charge is 2.21. The Bertz CT molecular complexity index is 639. The van der Waals surface area contributed by atoms with E-state index >= 15 is 0 Å². The van der Waals surface area contributed by atoms with Gasteiger partial charge in [-0.15, -0.1) is 0 Å². The van der Waals surface area contributed by atoms with Crippen LogP contribution in [0.5, 0.6) is 0 Å². The van der Waals surface area contributed by atoms with E-state index in [9.17, 15) is 9.59 Å². The lowest BCUT2D eigenvalue weighted by Crippen LogP contribution is -2.27. The standard InChI is InChI=1S/C12H14N4O2/c17-11-14-15-12(18)16(11)6-5-8-7-13-10-4-2-1-3-9(8)10/h1-4,8,13H,5-7H2,(H,14,17)(H,15,18). The molecule has 0 spiro atoms. The van der Waals surface area contributed by atoms with Crippen molar-refractivity contribution in [3.05, 3.63) is 50.8 Å². The van der Waals surface area contributed by atoms with Gasteiger partial charge >= 0.3 is 11.4 Å². The van der Waals surface area contributed by atoms with E-state index in [-0.39, 0.29) is 11.4 Å². The SMILES string of the molecule is O=c1[nH][nH]c(=O)n1CCC1CNc2ccccc21. The molecule has 18 heavy (non-hydrogen) atoms. The van der Waals surface area contributed by atoms with Gasteiger partial charge in [-0.1, -0.05) is 18.2 Å². The third-order valence-electron chi connectivity index (χ3n) is 3.41. The molecule has 0 aliphatic carbocycles. The third kappa shape index (κ3) is 1.75. The lowest BCUT2D eigenvalue weighted by atomic mass is 9.98. The first kappa shape index (κ1) is 10.9. The van der Waals surface area contributed by atoms with Crippen LogP contribution in [0.3, 0.4) is 0 Å². The molecule has 94 valence electrons. The number of aromatic nitrogens is 3. The van der Waals surface area contributed by atoms with Gasteiger partial charge in [-0.2, -0.15) is 0 Å². The van der Waals surface area contributed by atoms with Gasteiger partial charge in [0.1, 0.15) is 0 Å². The Labute approximate surface area is 103 Å². The van der Waals surface area contributed by atoms with E-state index in [4.69, 9.17) is 0 Å². The lowest BCUT2D eigenvalue weighted by molar-refractivity contribution is 0.552. The normalized spacial score (nSPS) is 17.4. The van der Waals surface area contributed by atoms with E-state index in [1.165, 1.54) is 10.1 Å². The first-order valence-electron chi connectivity index (χ1n) is 5.96. The minimum atomic E-state index is -0.376. The van der Waals surface area contributed by atoms with Crippen LogP contribution in [0.15, 0.2) is 33.9 Å². The molecule has 1 atom stereocenters. The number of hydrogen-bond acceptors (Lipinski definition) is 3. The van der Waals surface area contributed by atoms with Gasteiger partial charge in [0.05, 0.1) is 0 Å². The second kappa shape index (κ2) is 4.21. The van der Waals surface area contributed by atoms with Crippen LogP contribution in [0.1, 0.15) is 17.9 Å². The molecule has 1 aliphatic heterocycles. The van der Waals surface area contributed by atoms with E-state index in [0.717, 1.165) is 18.7 Å². The Kier molecular flexibility index (Phi) is 2.55. The fraction of sp³-hybridized carbons (Fsp3) is 0.333. The Morgan fingerprint density at radius 1 is 1.17 bits per heavy atom. The Hall–Kier alpha value is -2.24. The largest absolute Gasteiger partial charge is 0.384 e. The van der Waals surface area contributed by atoms with Crippen molar-refractivity contribution in [3.8, 4) is 0 Å². The van der Waals surface area contributed by atoms with Gasteiger partial charge in [-0.25, -0.2) is 24.4 Å². The van der Waals surface area contributed by atoms with E-state index < -0.39 is 0 Å². The van der Waals surface area contributed by atoms with Crippen LogP contribution >= 0.6 is 0 Å². The predicted octanol–water partition coefficient (Wildman–Crippen LogP) is 0.464. The number of nitrogens with one attached hydrogen (secondary N) is 3. The zero-order valence-corrected chi connectivity index (χ0v) is 9.77. The van der Waals surface area contributed by atoms with Gasteiger partial charge < -0.3 is 5.32 Å². The molecule has 0 saturated heterocycles. The number of H-pyrrole nitrogens is 2. The van der Waals surface area contributed by atoms with Crippen LogP contribution in [-0.4, -0.2) is 21.3 Å². The molecule has 0 saturated carbocycles. The van der Waals surface area contributed by atoms with Crippen LogP contribution in [0.2, 0.25) is 0 Å². The topological polar surface area (TPSA) is 82.7 Å². The molecule has 1 aromatic heterocycles. The minimum Gasteiger partial charge on any atom is -0.384 e. The van der Waals surface area contributed by atoms with Gasteiger partial charge in [-0.05, 0) is 18.1 Å². The fourth-order valence-corrected chi connectivity index (χ4v) is 2.44. The highest BCUT2D eigenvalue weighted by atomic mass is 16.2. The Morgan fingerprint density at radius 3 is 2.67 bits per heavy atom. The summed E-state index contributed by atoms with van der Waals surface area (Å²) in [5.74, 6) is 0.349.